The fourth-order valence-corrected chi connectivity index (χ4v) is 1.30. The number of phenols is 1. The average Bonchev–Trinajstić information content (AvgIpc) is 2.29. The maximum absolute atomic E-state index is 11.4. The summed E-state index contributed by atoms with van der Waals surface area (Å²) >= 11 is 5.67. The van der Waals surface area contributed by atoms with Crippen LogP contribution in [0.1, 0.15) is 5.56 Å². The molecule has 0 unspecified atom stereocenters. The summed E-state index contributed by atoms with van der Waals surface area (Å²) in [4.78, 5) is 21.8. The van der Waals surface area contributed by atoms with Crippen LogP contribution < -0.4 is 11.1 Å². The minimum absolute atomic E-state index is 0.0800. The van der Waals surface area contributed by atoms with E-state index in [1.54, 1.807) is 11.4 Å². The van der Waals surface area contributed by atoms with Crippen LogP contribution in [0.15, 0.2) is 23.8 Å². The van der Waals surface area contributed by atoms with Crippen LogP contribution in [-0.2, 0) is 4.79 Å². The van der Waals surface area contributed by atoms with Gasteiger partial charge in [0.1, 0.15) is 17.4 Å². The Labute approximate surface area is 107 Å². The number of aromatic hydroxyl groups is 1. The zero-order valence-electron chi connectivity index (χ0n) is 8.98. The third-order valence-electron chi connectivity index (χ3n) is 1.88. The molecule has 0 saturated carbocycles. The molecule has 0 heterocycles. The normalized spacial score (nSPS) is 10.6. The zero-order chi connectivity index (χ0) is 13.7. The van der Waals surface area contributed by atoms with Crippen molar-refractivity contribution in [2.45, 2.75) is 0 Å². The molecule has 1 rings (SSSR count). The molecule has 0 aromatic heterocycles. The molecule has 18 heavy (non-hydrogen) atoms. The van der Waals surface area contributed by atoms with Gasteiger partial charge in [0.15, 0.2) is 0 Å². The largest absolute Gasteiger partial charge is 0.506 e. The van der Waals surface area contributed by atoms with Gasteiger partial charge in [-0.1, -0.05) is 17.7 Å². The number of carbonyl (C=O) groups is 2. The van der Waals surface area contributed by atoms with E-state index in [0.29, 0.717) is 5.56 Å². The number of halogens is 1. The highest BCUT2D eigenvalue weighted by molar-refractivity contribution is 6.32. The molecule has 92 valence electrons. The third-order valence-corrected chi connectivity index (χ3v) is 2.19. The number of nitrogens with zero attached hydrogens (tertiary/aromatic N) is 1. The van der Waals surface area contributed by atoms with E-state index in [4.69, 9.17) is 22.6 Å². The molecule has 6 nitrogen and oxygen atoms in total. The molecule has 0 bridgehead atoms. The SMILES string of the molecule is N#C/C(=C/c1ccc(O)c(Cl)c1)C(=O)NC(N)=O. The van der Waals surface area contributed by atoms with Gasteiger partial charge in [0, 0.05) is 0 Å². The van der Waals surface area contributed by atoms with Crippen LogP contribution in [-0.4, -0.2) is 17.0 Å². The van der Waals surface area contributed by atoms with Crippen molar-refractivity contribution in [1.82, 2.24) is 5.32 Å². The molecular weight excluding hydrogens is 258 g/mol. The zero-order valence-corrected chi connectivity index (χ0v) is 9.73. The number of nitriles is 1. The standard InChI is InChI=1S/C11H8ClN3O3/c12-8-4-6(1-2-9(8)16)3-7(5-13)10(17)15-11(14)18/h1-4,16H,(H3,14,15,17,18)/b7-3-. The maximum Gasteiger partial charge on any atom is 0.319 e. The molecule has 0 spiro atoms. The van der Waals surface area contributed by atoms with Gasteiger partial charge in [-0.2, -0.15) is 5.26 Å². The summed E-state index contributed by atoms with van der Waals surface area (Å²) in [6, 6.07) is 4.71. The summed E-state index contributed by atoms with van der Waals surface area (Å²) in [5.41, 5.74) is 4.88. The van der Waals surface area contributed by atoms with Gasteiger partial charge in [-0.05, 0) is 23.8 Å². The Morgan fingerprint density at radius 2 is 2.17 bits per heavy atom. The highest BCUT2D eigenvalue weighted by Crippen LogP contribution is 2.24. The van der Waals surface area contributed by atoms with Crippen LogP contribution >= 0.6 is 11.6 Å². The molecule has 1 aromatic rings. The Balaban J connectivity index is 3.05. The Hall–Kier alpha value is -2.52. The summed E-state index contributed by atoms with van der Waals surface area (Å²) in [6.07, 6.45) is 1.21. The molecule has 1 aromatic carbocycles. The summed E-state index contributed by atoms with van der Waals surface area (Å²) in [5, 5.41) is 19.8. The number of rotatable bonds is 2. The van der Waals surface area contributed by atoms with Gasteiger partial charge in [-0.25, -0.2) is 4.79 Å². The number of nitrogens with one attached hydrogen (secondary N) is 1. The lowest BCUT2D eigenvalue weighted by atomic mass is 10.1. The summed E-state index contributed by atoms with van der Waals surface area (Å²) < 4.78 is 0. The Morgan fingerprint density at radius 1 is 1.50 bits per heavy atom. The van der Waals surface area contributed by atoms with E-state index in [-0.39, 0.29) is 16.3 Å². The van der Waals surface area contributed by atoms with E-state index in [2.05, 4.69) is 0 Å². The topological polar surface area (TPSA) is 116 Å². The van der Waals surface area contributed by atoms with Gasteiger partial charge in [0.05, 0.1) is 5.02 Å². The predicted molar refractivity (Wildman–Crippen MR) is 64.4 cm³/mol. The van der Waals surface area contributed by atoms with Crippen LogP contribution in [0.4, 0.5) is 4.79 Å². The van der Waals surface area contributed by atoms with E-state index in [9.17, 15) is 14.7 Å². The Morgan fingerprint density at radius 3 is 2.67 bits per heavy atom. The molecule has 0 radical (unpaired) electrons. The van der Waals surface area contributed by atoms with Gasteiger partial charge in [-0.15, -0.1) is 0 Å². The molecule has 4 N–H and O–H groups in total. The molecule has 0 fully saturated rings. The number of imide groups is 1. The van der Waals surface area contributed by atoms with Crippen LogP contribution in [0.25, 0.3) is 6.08 Å². The van der Waals surface area contributed by atoms with Gasteiger partial charge in [0.2, 0.25) is 0 Å². The molecule has 0 aliphatic heterocycles. The molecule has 0 atom stereocenters. The van der Waals surface area contributed by atoms with Crippen molar-refractivity contribution < 1.29 is 14.7 Å². The number of nitrogens with two attached hydrogens (primary N) is 1. The van der Waals surface area contributed by atoms with Gasteiger partial charge in [-0.3, -0.25) is 10.1 Å². The second-order valence-electron chi connectivity index (χ2n) is 3.20. The highest BCUT2D eigenvalue weighted by atomic mass is 35.5. The second-order valence-corrected chi connectivity index (χ2v) is 3.61. The molecule has 0 saturated heterocycles. The molecular formula is C11H8ClN3O3. The van der Waals surface area contributed by atoms with E-state index in [1.165, 1.54) is 24.3 Å². The lowest BCUT2D eigenvalue weighted by molar-refractivity contribution is -0.115. The monoisotopic (exact) mass is 265 g/mol. The molecule has 3 amide bonds. The van der Waals surface area contributed by atoms with Crippen molar-refractivity contribution in [1.29, 1.82) is 5.26 Å². The third kappa shape index (κ3) is 3.50. The average molecular weight is 266 g/mol. The molecule has 0 aliphatic rings. The van der Waals surface area contributed by atoms with E-state index >= 15 is 0 Å². The quantitative estimate of drug-likeness (QED) is 0.549. The second kappa shape index (κ2) is 5.70. The van der Waals surface area contributed by atoms with Crippen LogP contribution in [0, 0.1) is 11.3 Å². The lowest BCUT2D eigenvalue weighted by Crippen LogP contribution is -2.35. The van der Waals surface area contributed by atoms with Crippen molar-refractivity contribution in [3.63, 3.8) is 0 Å². The van der Waals surface area contributed by atoms with Crippen molar-refractivity contribution in [2.75, 3.05) is 0 Å². The molecule has 7 heteroatoms. The smallest absolute Gasteiger partial charge is 0.319 e. The minimum atomic E-state index is -1.05. The van der Waals surface area contributed by atoms with Gasteiger partial charge >= 0.3 is 6.03 Å². The first-order valence-corrected chi connectivity index (χ1v) is 5.03. The highest BCUT2D eigenvalue weighted by Gasteiger charge is 2.11. The fraction of sp³-hybridized carbons (Fsp3) is 0. The van der Waals surface area contributed by atoms with Gasteiger partial charge in [0.25, 0.3) is 5.91 Å². The summed E-state index contributed by atoms with van der Waals surface area (Å²) in [5.74, 6) is -1.02. The predicted octanol–water partition coefficient (Wildman–Crippen LogP) is 1.15. The number of hydrogen-bond donors (Lipinski definition) is 3. The lowest BCUT2D eigenvalue weighted by Gasteiger charge is -2.00. The van der Waals surface area contributed by atoms with Crippen LogP contribution in [0.2, 0.25) is 5.02 Å². The fourth-order valence-electron chi connectivity index (χ4n) is 1.11. The number of carbonyl (C=O) groups excluding carboxylic acids is 2. The first-order chi connectivity index (χ1) is 8.43. The van der Waals surface area contributed by atoms with Gasteiger partial charge < -0.3 is 10.8 Å². The summed E-state index contributed by atoms with van der Waals surface area (Å²) in [6.45, 7) is 0. The first-order valence-electron chi connectivity index (χ1n) is 4.65. The van der Waals surface area contributed by atoms with E-state index in [1.807, 2.05) is 0 Å². The van der Waals surface area contributed by atoms with E-state index < -0.39 is 11.9 Å². The number of benzene rings is 1. The molecule has 0 aliphatic carbocycles. The van der Waals surface area contributed by atoms with E-state index in [0.717, 1.165) is 0 Å². The van der Waals surface area contributed by atoms with Crippen molar-refractivity contribution in [3.05, 3.63) is 34.4 Å². The first kappa shape index (κ1) is 13.5. The number of hydrogen-bond acceptors (Lipinski definition) is 4. The van der Waals surface area contributed by atoms with Crippen LogP contribution in [0.3, 0.4) is 0 Å². The minimum Gasteiger partial charge on any atom is -0.506 e. The van der Waals surface area contributed by atoms with Crippen LogP contribution in [0.5, 0.6) is 5.75 Å². The number of phenolic OH excluding ortho intramolecular Hbond substituents is 1. The summed E-state index contributed by atoms with van der Waals surface area (Å²) in [7, 11) is 0. The van der Waals surface area contributed by atoms with Crippen molar-refractivity contribution in [3.8, 4) is 11.8 Å². The number of amides is 3. The number of urea groups is 1. The van der Waals surface area contributed by atoms with Crippen molar-refractivity contribution >= 4 is 29.6 Å². The maximum atomic E-state index is 11.4. The number of primary amides is 1. The van der Waals surface area contributed by atoms with Crippen molar-refractivity contribution in [2.24, 2.45) is 5.73 Å². The Kier molecular flexibility index (Phi) is 4.29. The Bertz CT molecular complexity index is 575.